The van der Waals surface area contributed by atoms with Crippen molar-refractivity contribution in [1.82, 2.24) is 19.2 Å². The van der Waals surface area contributed by atoms with Crippen LogP contribution in [0.5, 0.6) is 0 Å². The Morgan fingerprint density at radius 1 is 1.21 bits per heavy atom. The maximum absolute atomic E-state index is 11.9. The predicted octanol–water partition coefficient (Wildman–Crippen LogP) is 2.62. The van der Waals surface area contributed by atoms with E-state index in [9.17, 15) is 4.79 Å². The number of hydrogen-bond acceptors (Lipinski definition) is 3. The second-order valence-corrected chi connectivity index (χ2v) is 7.23. The van der Waals surface area contributed by atoms with Crippen LogP contribution in [0.1, 0.15) is 44.0 Å². The van der Waals surface area contributed by atoms with Gasteiger partial charge in [-0.25, -0.2) is 4.98 Å². The van der Waals surface area contributed by atoms with Crippen molar-refractivity contribution in [1.29, 1.82) is 0 Å². The number of likely N-dealkylation sites (tertiary alicyclic amines) is 2. The number of aromatic nitrogens is 2. The van der Waals surface area contributed by atoms with E-state index in [0.717, 1.165) is 43.8 Å². The van der Waals surface area contributed by atoms with E-state index in [1.54, 1.807) is 6.92 Å². The molecule has 2 atom stereocenters. The van der Waals surface area contributed by atoms with Crippen molar-refractivity contribution in [3.8, 4) is 0 Å². The highest BCUT2D eigenvalue weighted by molar-refractivity contribution is 5.74. The summed E-state index contributed by atoms with van der Waals surface area (Å²) >= 11 is 0. The van der Waals surface area contributed by atoms with E-state index < -0.39 is 0 Å². The van der Waals surface area contributed by atoms with E-state index in [2.05, 4.69) is 45.5 Å². The Labute approximate surface area is 143 Å². The molecule has 0 spiro atoms. The smallest absolute Gasteiger partial charge is 0.219 e. The summed E-state index contributed by atoms with van der Waals surface area (Å²) in [7, 11) is 0. The van der Waals surface area contributed by atoms with Gasteiger partial charge in [0.05, 0.1) is 5.69 Å². The van der Waals surface area contributed by atoms with Crippen molar-refractivity contribution >= 4 is 11.6 Å². The number of aryl methyl sites for hydroxylation is 1. The molecular formula is C19H26N4O. The van der Waals surface area contributed by atoms with Crippen LogP contribution in [-0.2, 0) is 11.3 Å². The second kappa shape index (κ2) is 6.20. The molecule has 128 valence electrons. The molecule has 0 bridgehead atoms. The first-order chi connectivity index (χ1) is 11.6. The molecule has 2 saturated heterocycles. The lowest BCUT2D eigenvalue weighted by atomic mass is 10.0. The number of imidazole rings is 1. The maximum atomic E-state index is 11.9. The van der Waals surface area contributed by atoms with Gasteiger partial charge in [-0.2, -0.15) is 0 Å². The summed E-state index contributed by atoms with van der Waals surface area (Å²) < 4.78 is 2.16. The van der Waals surface area contributed by atoms with E-state index in [1.165, 1.54) is 18.5 Å². The number of pyridine rings is 1. The SMILES string of the molecule is CC(=O)N1CCC[C@H]1[C@H]1CCCN1Cc1cn2c(C)cccc2n1. The zero-order chi connectivity index (χ0) is 16.7. The third-order valence-corrected chi connectivity index (χ3v) is 5.67. The van der Waals surface area contributed by atoms with Crippen LogP contribution in [0.2, 0.25) is 0 Å². The fourth-order valence-corrected chi connectivity index (χ4v) is 4.55. The van der Waals surface area contributed by atoms with E-state index in [4.69, 9.17) is 4.98 Å². The number of carbonyl (C=O) groups is 1. The molecule has 1 amide bonds. The van der Waals surface area contributed by atoms with Gasteiger partial charge < -0.3 is 9.30 Å². The number of amides is 1. The van der Waals surface area contributed by atoms with Gasteiger partial charge in [0.1, 0.15) is 5.65 Å². The highest BCUT2D eigenvalue weighted by atomic mass is 16.2. The van der Waals surface area contributed by atoms with Gasteiger partial charge in [0.2, 0.25) is 5.91 Å². The van der Waals surface area contributed by atoms with E-state index >= 15 is 0 Å². The van der Waals surface area contributed by atoms with E-state index in [-0.39, 0.29) is 5.91 Å². The minimum Gasteiger partial charge on any atom is -0.338 e. The fourth-order valence-electron chi connectivity index (χ4n) is 4.55. The van der Waals surface area contributed by atoms with Crippen LogP contribution >= 0.6 is 0 Å². The van der Waals surface area contributed by atoms with Crippen molar-refractivity contribution in [2.24, 2.45) is 0 Å². The van der Waals surface area contributed by atoms with Crippen LogP contribution in [0.25, 0.3) is 5.65 Å². The lowest BCUT2D eigenvalue weighted by Gasteiger charge is -2.34. The van der Waals surface area contributed by atoms with Gasteiger partial charge in [-0.05, 0) is 51.3 Å². The minimum atomic E-state index is 0.229. The molecule has 2 aromatic rings. The molecule has 0 radical (unpaired) electrons. The minimum absolute atomic E-state index is 0.229. The van der Waals surface area contributed by atoms with E-state index in [0.29, 0.717) is 12.1 Å². The molecule has 2 aliphatic heterocycles. The Morgan fingerprint density at radius 3 is 2.79 bits per heavy atom. The second-order valence-electron chi connectivity index (χ2n) is 7.23. The van der Waals surface area contributed by atoms with Crippen molar-refractivity contribution in [2.75, 3.05) is 13.1 Å². The average molecular weight is 326 g/mol. The monoisotopic (exact) mass is 326 g/mol. The molecule has 5 nitrogen and oxygen atoms in total. The zero-order valence-corrected chi connectivity index (χ0v) is 14.6. The summed E-state index contributed by atoms with van der Waals surface area (Å²) in [5, 5.41) is 0. The van der Waals surface area contributed by atoms with Crippen LogP contribution in [0.4, 0.5) is 0 Å². The molecular weight excluding hydrogens is 300 g/mol. The van der Waals surface area contributed by atoms with Crippen molar-refractivity contribution < 1.29 is 4.79 Å². The van der Waals surface area contributed by atoms with Crippen molar-refractivity contribution in [2.45, 2.75) is 58.2 Å². The summed E-state index contributed by atoms with van der Waals surface area (Å²) in [5.41, 5.74) is 3.36. The fraction of sp³-hybridized carbons (Fsp3) is 0.579. The standard InChI is InChI=1S/C19H26N4O/c1-14-6-3-9-19-20-16(13-23(14)19)12-21-10-4-7-17(21)18-8-5-11-22(18)15(2)24/h3,6,9,13,17-18H,4-5,7-8,10-12H2,1-2H3/t17-,18+/m1/s1. The van der Waals surface area contributed by atoms with E-state index in [1.807, 2.05) is 0 Å². The molecule has 2 fully saturated rings. The molecule has 24 heavy (non-hydrogen) atoms. The van der Waals surface area contributed by atoms with Gasteiger partial charge in [-0.1, -0.05) is 6.07 Å². The molecule has 0 aliphatic carbocycles. The molecule has 0 N–H and O–H groups in total. The van der Waals surface area contributed by atoms with Crippen molar-refractivity contribution in [3.05, 3.63) is 35.8 Å². The Balaban J connectivity index is 1.54. The van der Waals surface area contributed by atoms with Gasteiger partial charge in [0.25, 0.3) is 0 Å². The molecule has 2 aliphatic rings. The predicted molar refractivity (Wildman–Crippen MR) is 93.8 cm³/mol. The van der Waals surface area contributed by atoms with Gasteiger partial charge in [-0.15, -0.1) is 0 Å². The number of carbonyl (C=O) groups excluding carboxylic acids is 1. The summed E-state index contributed by atoms with van der Waals surface area (Å²) in [6.07, 6.45) is 6.87. The van der Waals surface area contributed by atoms with Gasteiger partial charge in [0.15, 0.2) is 0 Å². The highest BCUT2D eigenvalue weighted by Gasteiger charge is 2.38. The molecule has 0 unspecified atom stereocenters. The number of fused-ring (bicyclic) bond motifs is 1. The molecule has 2 aromatic heterocycles. The van der Waals surface area contributed by atoms with Gasteiger partial charge >= 0.3 is 0 Å². The average Bonchev–Trinajstić information content (AvgIpc) is 3.25. The molecule has 0 saturated carbocycles. The van der Waals surface area contributed by atoms with Gasteiger partial charge in [-0.3, -0.25) is 9.69 Å². The van der Waals surface area contributed by atoms with Crippen LogP contribution in [0, 0.1) is 6.92 Å². The van der Waals surface area contributed by atoms with Crippen LogP contribution in [0.3, 0.4) is 0 Å². The first-order valence-corrected chi connectivity index (χ1v) is 9.08. The maximum Gasteiger partial charge on any atom is 0.219 e. The summed E-state index contributed by atoms with van der Waals surface area (Å²) in [6, 6.07) is 7.11. The number of rotatable bonds is 3. The lowest BCUT2D eigenvalue weighted by Crippen LogP contribution is -2.47. The van der Waals surface area contributed by atoms with Gasteiger partial charge in [0, 0.05) is 44.0 Å². The van der Waals surface area contributed by atoms with Crippen LogP contribution < -0.4 is 0 Å². The normalized spacial score (nSPS) is 25.0. The highest BCUT2D eigenvalue weighted by Crippen LogP contribution is 2.31. The third-order valence-electron chi connectivity index (χ3n) is 5.67. The van der Waals surface area contributed by atoms with Crippen LogP contribution in [-0.4, -0.2) is 50.3 Å². The first-order valence-electron chi connectivity index (χ1n) is 9.08. The largest absolute Gasteiger partial charge is 0.338 e. The summed E-state index contributed by atoms with van der Waals surface area (Å²) in [5.74, 6) is 0.229. The Bertz CT molecular complexity index is 753. The molecule has 4 heterocycles. The topological polar surface area (TPSA) is 40.9 Å². The molecule has 5 heteroatoms. The first kappa shape index (κ1) is 15.6. The molecule has 0 aromatic carbocycles. The zero-order valence-electron chi connectivity index (χ0n) is 14.6. The Kier molecular flexibility index (Phi) is 4.04. The summed E-state index contributed by atoms with van der Waals surface area (Å²) in [4.78, 5) is 21.4. The lowest BCUT2D eigenvalue weighted by molar-refractivity contribution is -0.130. The van der Waals surface area contributed by atoms with Crippen LogP contribution in [0.15, 0.2) is 24.4 Å². The number of nitrogens with zero attached hydrogens (tertiary/aromatic N) is 4. The van der Waals surface area contributed by atoms with Crippen molar-refractivity contribution in [3.63, 3.8) is 0 Å². The molecule has 4 rings (SSSR count). The Morgan fingerprint density at radius 2 is 2.00 bits per heavy atom. The summed E-state index contributed by atoms with van der Waals surface area (Å²) in [6.45, 7) is 6.74. The Hall–Kier alpha value is -1.88. The quantitative estimate of drug-likeness (QED) is 0.870. The number of hydrogen-bond donors (Lipinski definition) is 0. The third kappa shape index (κ3) is 2.71.